The van der Waals surface area contributed by atoms with Crippen LogP contribution in [0.3, 0.4) is 0 Å². The maximum absolute atomic E-state index is 10.4. The lowest BCUT2D eigenvalue weighted by Gasteiger charge is -2.24. The molecular weight excluding hydrogens is 156 g/mol. The molecule has 4 nitrogen and oxygen atoms in total. The summed E-state index contributed by atoms with van der Waals surface area (Å²) < 4.78 is 5.40. The molecule has 1 amide bonds. The highest BCUT2D eigenvalue weighted by molar-refractivity contribution is 5.75. The van der Waals surface area contributed by atoms with Crippen LogP contribution < -0.4 is 11.1 Å². The molecule has 0 saturated carbocycles. The Kier molecular flexibility index (Phi) is 4.85. The lowest BCUT2D eigenvalue weighted by atomic mass is 10.1. The molecule has 12 heavy (non-hydrogen) atoms. The molecule has 4 heteroatoms. The van der Waals surface area contributed by atoms with E-state index in [1.165, 1.54) is 0 Å². The highest BCUT2D eigenvalue weighted by atomic mass is 16.5. The molecule has 0 rings (SSSR count). The molecule has 0 spiro atoms. The molecule has 0 saturated heterocycles. The van der Waals surface area contributed by atoms with Crippen molar-refractivity contribution in [1.82, 2.24) is 5.32 Å². The van der Waals surface area contributed by atoms with Gasteiger partial charge in [-0.25, -0.2) is 0 Å². The SMILES string of the molecule is CCOC(C)(C)CNCC(N)=O. The molecule has 0 radical (unpaired) electrons. The van der Waals surface area contributed by atoms with Gasteiger partial charge < -0.3 is 15.8 Å². The summed E-state index contributed by atoms with van der Waals surface area (Å²) in [5.74, 6) is -0.345. The van der Waals surface area contributed by atoms with E-state index in [9.17, 15) is 4.79 Å². The van der Waals surface area contributed by atoms with Crippen molar-refractivity contribution in [2.75, 3.05) is 19.7 Å². The van der Waals surface area contributed by atoms with E-state index in [0.29, 0.717) is 13.2 Å². The van der Waals surface area contributed by atoms with E-state index in [1.54, 1.807) is 0 Å². The Hall–Kier alpha value is -0.610. The van der Waals surface area contributed by atoms with E-state index in [2.05, 4.69) is 5.32 Å². The number of carbonyl (C=O) groups excluding carboxylic acids is 1. The van der Waals surface area contributed by atoms with Crippen molar-refractivity contribution in [3.63, 3.8) is 0 Å². The van der Waals surface area contributed by atoms with Gasteiger partial charge in [-0.15, -0.1) is 0 Å². The molecule has 0 aliphatic heterocycles. The minimum Gasteiger partial charge on any atom is -0.375 e. The summed E-state index contributed by atoms with van der Waals surface area (Å²) in [4.78, 5) is 10.4. The van der Waals surface area contributed by atoms with E-state index in [4.69, 9.17) is 10.5 Å². The summed E-state index contributed by atoms with van der Waals surface area (Å²) in [5.41, 5.74) is 4.72. The molecule has 0 aromatic carbocycles. The quantitative estimate of drug-likeness (QED) is 0.590. The Morgan fingerprint density at radius 1 is 1.58 bits per heavy atom. The third kappa shape index (κ3) is 6.12. The number of amides is 1. The van der Waals surface area contributed by atoms with E-state index in [1.807, 2.05) is 20.8 Å². The zero-order chi connectivity index (χ0) is 9.61. The van der Waals surface area contributed by atoms with Crippen molar-refractivity contribution in [3.8, 4) is 0 Å². The first kappa shape index (κ1) is 11.4. The average molecular weight is 174 g/mol. The van der Waals surface area contributed by atoms with Crippen molar-refractivity contribution in [1.29, 1.82) is 0 Å². The van der Waals surface area contributed by atoms with E-state index in [0.717, 1.165) is 0 Å². The minimum atomic E-state index is -0.345. The first-order valence-electron chi connectivity index (χ1n) is 4.11. The standard InChI is InChI=1S/C8H18N2O2/c1-4-12-8(2,3)6-10-5-7(9)11/h10H,4-6H2,1-3H3,(H2,9,11). The summed E-state index contributed by atoms with van der Waals surface area (Å²) in [5, 5.41) is 2.91. The van der Waals surface area contributed by atoms with Gasteiger partial charge in [-0.1, -0.05) is 0 Å². The largest absolute Gasteiger partial charge is 0.375 e. The summed E-state index contributed by atoms with van der Waals surface area (Å²) in [6.07, 6.45) is 0. The van der Waals surface area contributed by atoms with Crippen LogP contribution in [-0.4, -0.2) is 31.2 Å². The highest BCUT2D eigenvalue weighted by Gasteiger charge is 2.16. The second-order valence-corrected chi connectivity index (χ2v) is 3.26. The number of nitrogens with one attached hydrogen (secondary N) is 1. The third-order valence-corrected chi connectivity index (χ3v) is 1.39. The number of hydrogen-bond acceptors (Lipinski definition) is 3. The first-order chi connectivity index (χ1) is 5.48. The highest BCUT2D eigenvalue weighted by Crippen LogP contribution is 2.05. The van der Waals surface area contributed by atoms with Crippen LogP contribution in [0.15, 0.2) is 0 Å². The predicted octanol–water partition coefficient (Wildman–Crippen LogP) is -0.124. The fourth-order valence-corrected chi connectivity index (χ4v) is 0.928. The Balaban J connectivity index is 3.53. The third-order valence-electron chi connectivity index (χ3n) is 1.39. The van der Waals surface area contributed by atoms with Gasteiger partial charge in [0.2, 0.25) is 5.91 Å². The van der Waals surface area contributed by atoms with Gasteiger partial charge in [0.25, 0.3) is 0 Å². The molecule has 0 fully saturated rings. The van der Waals surface area contributed by atoms with Crippen molar-refractivity contribution in [2.45, 2.75) is 26.4 Å². The number of rotatable bonds is 6. The molecule has 0 aromatic heterocycles. The molecule has 0 unspecified atom stereocenters. The van der Waals surface area contributed by atoms with Crippen LogP contribution in [0.25, 0.3) is 0 Å². The fourth-order valence-electron chi connectivity index (χ4n) is 0.928. The van der Waals surface area contributed by atoms with Crippen molar-refractivity contribution < 1.29 is 9.53 Å². The van der Waals surface area contributed by atoms with E-state index >= 15 is 0 Å². The molecule has 3 N–H and O–H groups in total. The van der Waals surface area contributed by atoms with Crippen LogP contribution in [0.2, 0.25) is 0 Å². The number of hydrogen-bond donors (Lipinski definition) is 2. The maximum atomic E-state index is 10.4. The molecule has 72 valence electrons. The van der Waals surface area contributed by atoms with Gasteiger partial charge in [0.05, 0.1) is 12.1 Å². The van der Waals surface area contributed by atoms with Gasteiger partial charge in [0.1, 0.15) is 0 Å². The lowest BCUT2D eigenvalue weighted by Crippen LogP contribution is -2.41. The maximum Gasteiger partial charge on any atom is 0.231 e. The summed E-state index contributed by atoms with van der Waals surface area (Å²) >= 11 is 0. The zero-order valence-corrected chi connectivity index (χ0v) is 8.02. The van der Waals surface area contributed by atoms with Crippen LogP contribution in [0.1, 0.15) is 20.8 Å². The molecule has 0 heterocycles. The van der Waals surface area contributed by atoms with Crippen LogP contribution in [0.4, 0.5) is 0 Å². The second-order valence-electron chi connectivity index (χ2n) is 3.26. The first-order valence-corrected chi connectivity index (χ1v) is 4.11. The van der Waals surface area contributed by atoms with Crippen LogP contribution >= 0.6 is 0 Å². The Morgan fingerprint density at radius 2 is 2.17 bits per heavy atom. The van der Waals surface area contributed by atoms with Gasteiger partial charge in [-0.3, -0.25) is 4.79 Å². The molecule has 0 aliphatic carbocycles. The smallest absolute Gasteiger partial charge is 0.231 e. The molecule has 0 atom stereocenters. The predicted molar refractivity (Wildman–Crippen MR) is 47.8 cm³/mol. The van der Waals surface area contributed by atoms with Crippen molar-refractivity contribution in [2.24, 2.45) is 5.73 Å². The van der Waals surface area contributed by atoms with Crippen molar-refractivity contribution >= 4 is 5.91 Å². The van der Waals surface area contributed by atoms with Gasteiger partial charge in [-0.05, 0) is 20.8 Å². The van der Waals surface area contributed by atoms with Gasteiger partial charge in [-0.2, -0.15) is 0 Å². The molecule has 0 bridgehead atoms. The van der Waals surface area contributed by atoms with E-state index < -0.39 is 0 Å². The van der Waals surface area contributed by atoms with Crippen LogP contribution in [0.5, 0.6) is 0 Å². The Bertz CT molecular complexity index is 146. The zero-order valence-electron chi connectivity index (χ0n) is 8.02. The lowest BCUT2D eigenvalue weighted by molar-refractivity contribution is -0.117. The Morgan fingerprint density at radius 3 is 2.58 bits per heavy atom. The summed E-state index contributed by atoms with van der Waals surface area (Å²) in [6.45, 7) is 7.37. The number of carbonyl (C=O) groups is 1. The second kappa shape index (κ2) is 5.11. The molecular formula is C8H18N2O2. The van der Waals surface area contributed by atoms with Gasteiger partial charge in [0.15, 0.2) is 0 Å². The van der Waals surface area contributed by atoms with Gasteiger partial charge in [0, 0.05) is 13.2 Å². The van der Waals surface area contributed by atoms with Gasteiger partial charge >= 0.3 is 0 Å². The summed E-state index contributed by atoms with van der Waals surface area (Å²) in [7, 11) is 0. The van der Waals surface area contributed by atoms with Crippen LogP contribution in [0, 0.1) is 0 Å². The molecule has 0 aromatic rings. The minimum absolute atomic E-state index is 0.205. The average Bonchev–Trinajstić information content (AvgIpc) is 1.85. The number of primary amides is 1. The Labute approximate surface area is 73.5 Å². The summed E-state index contributed by atoms with van der Waals surface area (Å²) in [6, 6.07) is 0. The topological polar surface area (TPSA) is 64.3 Å². The number of nitrogens with two attached hydrogens (primary N) is 1. The van der Waals surface area contributed by atoms with Crippen molar-refractivity contribution in [3.05, 3.63) is 0 Å². The molecule has 0 aliphatic rings. The fraction of sp³-hybridized carbons (Fsp3) is 0.875. The number of ether oxygens (including phenoxy) is 1. The normalized spacial score (nSPS) is 11.6. The monoisotopic (exact) mass is 174 g/mol. The van der Waals surface area contributed by atoms with Crippen LogP contribution in [-0.2, 0) is 9.53 Å². The van der Waals surface area contributed by atoms with E-state index in [-0.39, 0.29) is 18.1 Å².